The summed E-state index contributed by atoms with van der Waals surface area (Å²) in [5, 5.41) is 0. The molecule has 1 aromatic heterocycles. The second-order valence-electron chi connectivity index (χ2n) is 7.06. The van der Waals surface area contributed by atoms with Gasteiger partial charge in [0.25, 0.3) is 5.91 Å². The normalized spacial score (nSPS) is 17.2. The third-order valence-corrected chi connectivity index (χ3v) is 5.26. The van der Waals surface area contributed by atoms with Gasteiger partial charge in [-0.1, -0.05) is 36.4 Å². The molecule has 1 atom stereocenters. The summed E-state index contributed by atoms with van der Waals surface area (Å²) in [6.45, 7) is 6.64. The number of piperazine rings is 1. The van der Waals surface area contributed by atoms with Crippen LogP contribution < -0.4 is 4.90 Å². The highest BCUT2D eigenvalue weighted by molar-refractivity contribution is 6.00. The molecule has 1 fully saturated rings. The van der Waals surface area contributed by atoms with Crippen molar-refractivity contribution < 1.29 is 4.79 Å². The Morgan fingerprint density at radius 3 is 2.63 bits per heavy atom. The predicted octanol–water partition coefficient (Wildman–Crippen LogP) is 3.74. The molecule has 0 saturated carbocycles. The van der Waals surface area contributed by atoms with Crippen molar-refractivity contribution in [3.63, 3.8) is 0 Å². The minimum Gasteiger partial charge on any atom is -0.367 e. The smallest absolute Gasteiger partial charge is 0.254 e. The van der Waals surface area contributed by atoms with Crippen LogP contribution in [0, 0.1) is 6.92 Å². The Kier molecular flexibility index (Phi) is 4.67. The van der Waals surface area contributed by atoms with Crippen LogP contribution in [0.2, 0.25) is 0 Å². The van der Waals surface area contributed by atoms with E-state index in [-0.39, 0.29) is 11.9 Å². The summed E-state index contributed by atoms with van der Waals surface area (Å²) in [4.78, 5) is 25.1. The van der Waals surface area contributed by atoms with Gasteiger partial charge >= 0.3 is 0 Å². The summed E-state index contributed by atoms with van der Waals surface area (Å²) in [6, 6.07) is 16.2. The number of carbonyl (C=O) groups is 1. The van der Waals surface area contributed by atoms with E-state index in [1.165, 1.54) is 11.3 Å². The van der Waals surface area contributed by atoms with Gasteiger partial charge in [0, 0.05) is 49.3 Å². The molecule has 0 aliphatic carbocycles. The first kappa shape index (κ1) is 17.3. The second kappa shape index (κ2) is 7.27. The molecule has 0 unspecified atom stereocenters. The Balaban J connectivity index is 1.56. The molecule has 0 bridgehead atoms. The molecule has 1 saturated heterocycles. The van der Waals surface area contributed by atoms with Gasteiger partial charge in [-0.3, -0.25) is 4.79 Å². The molecule has 1 amide bonds. The lowest BCUT2D eigenvalue weighted by molar-refractivity contribution is 0.0675. The third-order valence-electron chi connectivity index (χ3n) is 5.26. The molecule has 2 heterocycles. The second-order valence-corrected chi connectivity index (χ2v) is 7.06. The van der Waals surface area contributed by atoms with Gasteiger partial charge in [0.15, 0.2) is 0 Å². The van der Waals surface area contributed by atoms with Gasteiger partial charge < -0.3 is 14.8 Å². The van der Waals surface area contributed by atoms with E-state index < -0.39 is 0 Å². The lowest BCUT2D eigenvalue weighted by Crippen LogP contribution is -2.54. The van der Waals surface area contributed by atoms with Gasteiger partial charge in [0.2, 0.25) is 0 Å². The number of nitrogens with zero attached hydrogens (tertiary/aromatic N) is 3. The third kappa shape index (κ3) is 3.33. The molecule has 3 aromatic rings. The van der Waals surface area contributed by atoms with Crippen molar-refractivity contribution in [2.45, 2.75) is 19.9 Å². The van der Waals surface area contributed by atoms with E-state index in [0.717, 1.165) is 24.5 Å². The Morgan fingerprint density at radius 1 is 1.11 bits per heavy atom. The van der Waals surface area contributed by atoms with Crippen molar-refractivity contribution in [3.05, 3.63) is 72.1 Å². The highest BCUT2D eigenvalue weighted by Crippen LogP contribution is 2.26. The zero-order chi connectivity index (χ0) is 18.8. The maximum atomic E-state index is 13.3. The molecule has 138 valence electrons. The molecule has 2 aromatic carbocycles. The van der Waals surface area contributed by atoms with E-state index in [1.54, 1.807) is 12.4 Å². The molecule has 27 heavy (non-hydrogen) atoms. The number of imidazole rings is 1. The summed E-state index contributed by atoms with van der Waals surface area (Å²) >= 11 is 0. The average Bonchev–Trinajstić information content (AvgIpc) is 3.22. The Labute approximate surface area is 159 Å². The minimum absolute atomic E-state index is 0.0685. The molecule has 1 N–H and O–H groups in total. The number of aromatic nitrogens is 2. The van der Waals surface area contributed by atoms with Crippen LogP contribution in [0.4, 0.5) is 5.69 Å². The first-order valence-corrected chi connectivity index (χ1v) is 9.35. The van der Waals surface area contributed by atoms with Gasteiger partial charge in [-0.15, -0.1) is 0 Å². The van der Waals surface area contributed by atoms with Crippen LogP contribution in [0.5, 0.6) is 0 Å². The molecule has 1 aliphatic rings. The monoisotopic (exact) mass is 360 g/mol. The topological polar surface area (TPSA) is 52.2 Å². The molecule has 5 nitrogen and oxygen atoms in total. The number of para-hydroxylation sites is 1. The van der Waals surface area contributed by atoms with Crippen LogP contribution in [0.3, 0.4) is 0 Å². The van der Waals surface area contributed by atoms with Crippen LogP contribution in [0.1, 0.15) is 22.8 Å². The number of H-pyrrole nitrogens is 1. The zero-order valence-corrected chi connectivity index (χ0v) is 15.7. The van der Waals surface area contributed by atoms with E-state index in [4.69, 9.17) is 0 Å². The van der Waals surface area contributed by atoms with E-state index in [2.05, 4.69) is 53.0 Å². The molecule has 0 spiro atoms. The summed E-state index contributed by atoms with van der Waals surface area (Å²) in [6.07, 6.45) is 3.49. The van der Waals surface area contributed by atoms with E-state index >= 15 is 0 Å². The average molecular weight is 360 g/mol. The van der Waals surface area contributed by atoms with Gasteiger partial charge in [0.05, 0.1) is 5.56 Å². The fourth-order valence-electron chi connectivity index (χ4n) is 3.84. The quantitative estimate of drug-likeness (QED) is 0.774. The van der Waals surface area contributed by atoms with Crippen molar-refractivity contribution in [3.8, 4) is 11.4 Å². The van der Waals surface area contributed by atoms with Crippen LogP contribution in [0.15, 0.2) is 60.9 Å². The molecule has 4 rings (SSSR count). The molecule has 0 radical (unpaired) electrons. The number of aryl methyl sites for hydroxylation is 1. The van der Waals surface area contributed by atoms with Crippen molar-refractivity contribution in [1.29, 1.82) is 0 Å². The molecule has 5 heteroatoms. The molecular weight excluding hydrogens is 336 g/mol. The van der Waals surface area contributed by atoms with Crippen LogP contribution in [-0.4, -0.2) is 46.5 Å². The molecule has 1 aliphatic heterocycles. The Morgan fingerprint density at radius 2 is 1.89 bits per heavy atom. The Bertz CT molecular complexity index is 935. The standard InChI is InChI=1S/C22H24N4O/c1-16-7-3-6-10-20(16)25-13-14-26(17(2)15-25)22(27)19-9-5-4-8-18(19)21-23-11-12-24-21/h3-12,17H,13-15H2,1-2H3,(H,23,24)/t17-/m1/s1. The number of carbonyl (C=O) groups excluding carboxylic acids is 1. The number of hydrogen-bond donors (Lipinski definition) is 1. The number of hydrogen-bond acceptors (Lipinski definition) is 3. The fraction of sp³-hybridized carbons (Fsp3) is 0.273. The number of anilines is 1. The molecular formula is C22H24N4O. The number of benzene rings is 2. The largest absolute Gasteiger partial charge is 0.367 e. The Hall–Kier alpha value is -3.08. The summed E-state index contributed by atoms with van der Waals surface area (Å²) in [5.74, 6) is 0.795. The van der Waals surface area contributed by atoms with Gasteiger partial charge in [-0.25, -0.2) is 4.98 Å². The number of amides is 1. The van der Waals surface area contributed by atoms with Crippen LogP contribution in [-0.2, 0) is 0 Å². The van der Waals surface area contributed by atoms with Gasteiger partial charge in [0.1, 0.15) is 5.82 Å². The van der Waals surface area contributed by atoms with Crippen molar-refractivity contribution in [2.24, 2.45) is 0 Å². The summed E-state index contributed by atoms with van der Waals surface area (Å²) < 4.78 is 0. The van der Waals surface area contributed by atoms with Crippen LogP contribution in [0.25, 0.3) is 11.4 Å². The highest BCUT2D eigenvalue weighted by atomic mass is 16.2. The van der Waals surface area contributed by atoms with Crippen molar-refractivity contribution in [1.82, 2.24) is 14.9 Å². The number of aromatic amines is 1. The lowest BCUT2D eigenvalue weighted by atomic mass is 10.0. The minimum atomic E-state index is 0.0685. The lowest BCUT2D eigenvalue weighted by Gasteiger charge is -2.41. The summed E-state index contributed by atoms with van der Waals surface area (Å²) in [5.41, 5.74) is 4.07. The maximum absolute atomic E-state index is 13.3. The number of nitrogens with one attached hydrogen (secondary N) is 1. The zero-order valence-electron chi connectivity index (χ0n) is 15.7. The van der Waals surface area contributed by atoms with Crippen LogP contribution >= 0.6 is 0 Å². The first-order chi connectivity index (χ1) is 13.1. The van der Waals surface area contributed by atoms with Crippen molar-refractivity contribution in [2.75, 3.05) is 24.5 Å². The predicted molar refractivity (Wildman–Crippen MR) is 108 cm³/mol. The maximum Gasteiger partial charge on any atom is 0.254 e. The van der Waals surface area contributed by atoms with E-state index in [0.29, 0.717) is 12.1 Å². The number of rotatable bonds is 3. The SMILES string of the molecule is Cc1ccccc1N1CCN(C(=O)c2ccccc2-c2ncc[nH]2)[C@H](C)C1. The van der Waals surface area contributed by atoms with E-state index in [1.807, 2.05) is 29.2 Å². The first-order valence-electron chi connectivity index (χ1n) is 9.35. The van der Waals surface area contributed by atoms with Gasteiger partial charge in [-0.2, -0.15) is 0 Å². The fourth-order valence-corrected chi connectivity index (χ4v) is 3.84. The summed E-state index contributed by atoms with van der Waals surface area (Å²) in [7, 11) is 0. The van der Waals surface area contributed by atoms with E-state index in [9.17, 15) is 4.79 Å². The highest BCUT2D eigenvalue weighted by Gasteiger charge is 2.30. The van der Waals surface area contributed by atoms with Gasteiger partial charge in [-0.05, 0) is 31.5 Å². The van der Waals surface area contributed by atoms with Crippen molar-refractivity contribution >= 4 is 11.6 Å².